The molecular formula is C21H20N4O3. The van der Waals surface area contributed by atoms with Gasteiger partial charge in [0.05, 0.1) is 0 Å². The van der Waals surface area contributed by atoms with Crippen LogP contribution in [0.5, 0.6) is 11.5 Å². The highest BCUT2D eigenvalue weighted by Gasteiger charge is 2.17. The van der Waals surface area contributed by atoms with E-state index in [4.69, 9.17) is 9.47 Å². The lowest BCUT2D eigenvalue weighted by molar-refractivity contribution is 0.0746. The molecule has 4 rings (SSSR count). The summed E-state index contributed by atoms with van der Waals surface area (Å²) in [6, 6.07) is 17.1. The number of nitrogens with zero attached hydrogens (tertiary/aromatic N) is 3. The van der Waals surface area contributed by atoms with Crippen LogP contribution in [0, 0.1) is 0 Å². The molecule has 7 nitrogen and oxygen atoms in total. The van der Waals surface area contributed by atoms with E-state index < -0.39 is 0 Å². The van der Waals surface area contributed by atoms with Crippen molar-refractivity contribution in [2.75, 3.05) is 18.7 Å². The Hall–Kier alpha value is -3.61. The Morgan fingerprint density at radius 1 is 1.07 bits per heavy atom. The molecular weight excluding hydrogens is 356 g/mol. The molecule has 1 N–H and O–H groups in total. The van der Waals surface area contributed by atoms with E-state index in [1.54, 1.807) is 11.0 Å². The van der Waals surface area contributed by atoms with Gasteiger partial charge in [-0.3, -0.25) is 4.79 Å². The number of aromatic nitrogens is 2. The number of fused-ring (bicyclic) bond motifs is 1. The van der Waals surface area contributed by atoms with E-state index in [1.165, 1.54) is 6.33 Å². The highest BCUT2D eigenvalue weighted by atomic mass is 16.7. The number of rotatable bonds is 6. The van der Waals surface area contributed by atoms with Crippen molar-refractivity contribution in [1.82, 2.24) is 14.9 Å². The van der Waals surface area contributed by atoms with Crippen LogP contribution in [0.1, 0.15) is 23.0 Å². The van der Waals surface area contributed by atoms with Crippen LogP contribution in [0.2, 0.25) is 0 Å². The molecule has 0 spiro atoms. The van der Waals surface area contributed by atoms with Gasteiger partial charge in [-0.15, -0.1) is 0 Å². The maximum atomic E-state index is 12.9. The second kappa shape index (κ2) is 7.96. The Morgan fingerprint density at radius 3 is 2.71 bits per heavy atom. The predicted octanol–water partition coefficient (Wildman–Crippen LogP) is 3.61. The van der Waals surface area contributed by atoms with Gasteiger partial charge in [0.1, 0.15) is 17.8 Å². The second-order valence-electron chi connectivity index (χ2n) is 6.29. The lowest BCUT2D eigenvalue weighted by Gasteiger charge is -2.20. The number of anilines is 2. The number of benzene rings is 2. The summed E-state index contributed by atoms with van der Waals surface area (Å²) in [5, 5.41) is 3.18. The molecule has 0 unspecified atom stereocenters. The van der Waals surface area contributed by atoms with Crippen molar-refractivity contribution < 1.29 is 14.3 Å². The molecule has 28 heavy (non-hydrogen) atoms. The molecule has 1 aromatic heterocycles. The number of carbonyl (C=O) groups is 1. The first-order valence-corrected chi connectivity index (χ1v) is 9.05. The molecule has 2 aromatic carbocycles. The van der Waals surface area contributed by atoms with Crippen LogP contribution in [-0.4, -0.2) is 34.1 Å². The predicted molar refractivity (Wildman–Crippen MR) is 105 cm³/mol. The largest absolute Gasteiger partial charge is 0.454 e. The maximum absolute atomic E-state index is 12.9. The van der Waals surface area contributed by atoms with Gasteiger partial charge in [0.15, 0.2) is 11.5 Å². The summed E-state index contributed by atoms with van der Waals surface area (Å²) < 4.78 is 10.7. The van der Waals surface area contributed by atoms with Crippen molar-refractivity contribution in [2.45, 2.75) is 13.5 Å². The van der Waals surface area contributed by atoms with Gasteiger partial charge in [0.2, 0.25) is 6.79 Å². The first-order valence-electron chi connectivity index (χ1n) is 9.05. The van der Waals surface area contributed by atoms with Crippen molar-refractivity contribution in [2.24, 2.45) is 0 Å². The zero-order valence-corrected chi connectivity index (χ0v) is 15.5. The van der Waals surface area contributed by atoms with E-state index in [1.807, 2.05) is 55.5 Å². The quantitative estimate of drug-likeness (QED) is 0.708. The van der Waals surface area contributed by atoms with Gasteiger partial charge in [-0.25, -0.2) is 9.97 Å². The first-order chi connectivity index (χ1) is 13.7. The molecule has 0 atom stereocenters. The second-order valence-corrected chi connectivity index (χ2v) is 6.29. The fraction of sp³-hybridized carbons (Fsp3) is 0.190. The number of hydrogen-bond donors (Lipinski definition) is 1. The van der Waals surface area contributed by atoms with Crippen LogP contribution in [0.3, 0.4) is 0 Å². The summed E-state index contributed by atoms with van der Waals surface area (Å²) in [6.45, 7) is 3.29. The molecule has 0 fully saturated rings. The number of ether oxygens (including phenoxy) is 2. The van der Waals surface area contributed by atoms with Crippen LogP contribution < -0.4 is 14.8 Å². The number of carbonyl (C=O) groups excluding carboxylic acids is 1. The van der Waals surface area contributed by atoms with Crippen molar-refractivity contribution in [1.29, 1.82) is 0 Å². The van der Waals surface area contributed by atoms with Crippen molar-refractivity contribution in [3.05, 3.63) is 72.2 Å². The van der Waals surface area contributed by atoms with Crippen LogP contribution >= 0.6 is 0 Å². The van der Waals surface area contributed by atoms with Gasteiger partial charge in [-0.2, -0.15) is 0 Å². The average Bonchev–Trinajstić information content (AvgIpc) is 3.20. The Balaban J connectivity index is 1.50. The van der Waals surface area contributed by atoms with E-state index in [2.05, 4.69) is 15.3 Å². The molecule has 0 saturated heterocycles. The minimum absolute atomic E-state index is 0.137. The third-order valence-corrected chi connectivity index (χ3v) is 4.42. The fourth-order valence-corrected chi connectivity index (χ4v) is 2.96. The van der Waals surface area contributed by atoms with Gasteiger partial charge < -0.3 is 19.7 Å². The summed E-state index contributed by atoms with van der Waals surface area (Å²) in [5.41, 5.74) is 2.21. The van der Waals surface area contributed by atoms with Crippen LogP contribution in [0.15, 0.2) is 60.9 Å². The summed E-state index contributed by atoms with van der Waals surface area (Å²) in [6.07, 6.45) is 1.39. The Bertz CT molecular complexity index is 978. The highest BCUT2D eigenvalue weighted by Crippen LogP contribution is 2.34. The summed E-state index contributed by atoms with van der Waals surface area (Å²) in [5.74, 6) is 1.79. The molecule has 1 aliphatic heterocycles. The lowest BCUT2D eigenvalue weighted by Crippen LogP contribution is -2.31. The molecule has 0 radical (unpaired) electrons. The summed E-state index contributed by atoms with van der Waals surface area (Å²) in [7, 11) is 0. The molecule has 0 saturated carbocycles. The van der Waals surface area contributed by atoms with Crippen LogP contribution in [0.25, 0.3) is 0 Å². The highest BCUT2D eigenvalue weighted by molar-refractivity contribution is 5.93. The topological polar surface area (TPSA) is 76.6 Å². The molecule has 1 amide bonds. The minimum Gasteiger partial charge on any atom is -0.454 e. The third kappa shape index (κ3) is 3.88. The molecule has 1 aliphatic rings. The minimum atomic E-state index is -0.137. The Morgan fingerprint density at radius 2 is 1.89 bits per heavy atom. The van der Waals surface area contributed by atoms with E-state index >= 15 is 0 Å². The van der Waals surface area contributed by atoms with Gasteiger partial charge in [-0.05, 0) is 24.6 Å². The zero-order chi connectivity index (χ0) is 19.3. The Labute approximate surface area is 163 Å². The van der Waals surface area contributed by atoms with Crippen molar-refractivity contribution in [3.8, 4) is 11.5 Å². The smallest absolute Gasteiger partial charge is 0.272 e. The van der Waals surface area contributed by atoms with Crippen molar-refractivity contribution >= 4 is 17.4 Å². The lowest BCUT2D eigenvalue weighted by atomic mass is 10.2. The first kappa shape index (κ1) is 17.8. The third-order valence-electron chi connectivity index (χ3n) is 4.42. The normalized spacial score (nSPS) is 11.9. The molecule has 2 heterocycles. The molecule has 0 bridgehead atoms. The van der Waals surface area contributed by atoms with E-state index in [0.29, 0.717) is 36.1 Å². The molecule has 142 valence electrons. The van der Waals surface area contributed by atoms with Gasteiger partial charge >= 0.3 is 0 Å². The van der Waals surface area contributed by atoms with Crippen LogP contribution in [-0.2, 0) is 6.54 Å². The van der Waals surface area contributed by atoms with Gasteiger partial charge in [-0.1, -0.05) is 30.3 Å². The van der Waals surface area contributed by atoms with Gasteiger partial charge in [0, 0.05) is 30.9 Å². The van der Waals surface area contributed by atoms with Gasteiger partial charge in [0.25, 0.3) is 5.91 Å². The molecule has 3 aromatic rings. The maximum Gasteiger partial charge on any atom is 0.272 e. The van der Waals surface area contributed by atoms with E-state index in [0.717, 1.165) is 11.3 Å². The summed E-state index contributed by atoms with van der Waals surface area (Å²) >= 11 is 0. The average molecular weight is 376 g/mol. The zero-order valence-electron chi connectivity index (χ0n) is 15.5. The summed E-state index contributed by atoms with van der Waals surface area (Å²) in [4.78, 5) is 23.0. The number of nitrogens with one attached hydrogen (secondary N) is 1. The monoisotopic (exact) mass is 376 g/mol. The van der Waals surface area contributed by atoms with E-state index in [-0.39, 0.29) is 12.7 Å². The Kier molecular flexibility index (Phi) is 5.05. The number of amides is 1. The standard InChI is InChI=1S/C21H20N4O3/c1-2-25(12-15-6-4-3-5-7-15)21(26)17-11-20(23-13-22-17)24-16-8-9-18-19(10-16)28-14-27-18/h3-11,13H,2,12,14H2,1H3,(H,22,23,24). The fourth-order valence-electron chi connectivity index (χ4n) is 2.96. The van der Waals surface area contributed by atoms with Crippen LogP contribution in [0.4, 0.5) is 11.5 Å². The van der Waals surface area contributed by atoms with Crippen molar-refractivity contribution in [3.63, 3.8) is 0 Å². The number of hydrogen-bond acceptors (Lipinski definition) is 6. The SMILES string of the molecule is CCN(Cc1ccccc1)C(=O)c1cc(Nc2ccc3c(c2)OCO3)ncn1. The molecule has 0 aliphatic carbocycles. The molecule has 7 heteroatoms. The van der Waals surface area contributed by atoms with E-state index in [9.17, 15) is 4.79 Å².